The van der Waals surface area contributed by atoms with Crippen molar-refractivity contribution in [1.29, 1.82) is 0 Å². The van der Waals surface area contributed by atoms with Crippen LogP contribution in [-0.2, 0) is 71.7 Å². The number of imide groups is 6. The molecule has 24 heteroatoms. The van der Waals surface area contributed by atoms with Crippen molar-refractivity contribution in [3.05, 3.63) is 32.9 Å². The van der Waals surface area contributed by atoms with Crippen LogP contribution in [0, 0.1) is 5.92 Å². The first kappa shape index (κ1) is 51.4. The molecule has 0 radical (unpaired) electrons. The largest absolute Gasteiger partial charge is 0.367 e. The summed E-state index contributed by atoms with van der Waals surface area (Å²) in [6.45, 7) is 4.41. The van der Waals surface area contributed by atoms with Crippen LogP contribution in [0.15, 0.2) is 32.9 Å². The van der Waals surface area contributed by atoms with Gasteiger partial charge < -0.3 is 14.2 Å². The molecule has 3 saturated heterocycles. The van der Waals surface area contributed by atoms with E-state index in [9.17, 15) is 57.5 Å². The molecule has 0 saturated carbocycles. The predicted molar refractivity (Wildman–Crippen MR) is 239 cm³/mol. The summed E-state index contributed by atoms with van der Waals surface area (Å²) in [6.07, 6.45) is -0.413. The van der Waals surface area contributed by atoms with Gasteiger partial charge in [-0.1, -0.05) is 20.8 Å². The molecular weight excluding hydrogens is 937 g/mol. The van der Waals surface area contributed by atoms with Crippen LogP contribution in [0.3, 0.4) is 0 Å². The Kier molecular flexibility index (Phi) is 17.9. The second kappa shape index (κ2) is 23.3. The van der Waals surface area contributed by atoms with E-state index in [1.807, 2.05) is 20.8 Å². The normalized spacial score (nSPS) is 23.0. The highest BCUT2D eigenvalue weighted by Crippen LogP contribution is 2.28. The van der Waals surface area contributed by atoms with Gasteiger partial charge in [-0.3, -0.25) is 86.9 Å². The van der Waals surface area contributed by atoms with Gasteiger partial charge in [-0.2, -0.15) is 0 Å². The van der Waals surface area contributed by atoms with Crippen molar-refractivity contribution in [2.75, 3.05) is 76.3 Å². The Morgan fingerprint density at radius 3 is 0.940 bits per heavy atom. The lowest BCUT2D eigenvalue weighted by Crippen LogP contribution is -2.39. The fraction of sp³-hybridized carbons (Fsp3) is 0.581. The second-order valence-corrected chi connectivity index (χ2v) is 19.8. The lowest BCUT2D eigenvalue weighted by atomic mass is 10.1. The van der Waals surface area contributed by atoms with Gasteiger partial charge in [0.05, 0.1) is 53.8 Å². The molecule has 21 nitrogen and oxygen atoms in total. The number of amides is 12. The van der Waals surface area contributed by atoms with Gasteiger partial charge in [-0.05, 0) is 36.5 Å². The molecule has 6 aliphatic rings. The smallest absolute Gasteiger partial charge is 0.267 e. The van der Waals surface area contributed by atoms with Crippen molar-refractivity contribution in [1.82, 2.24) is 29.4 Å². The Bertz CT molecular complexity index is 1960. The second-order valence-electron chi connectivity index (χ2n) is 15.9. The van der Waals surface area contributed by atoms with Gasteiger partial charge in [0.25, 0.3) is 53.2 Å². The van der Waals surface area contributed by atoms with E-state index in [-0.39, 0.29) is 97.6 Å². The topological polar surface area (TPSA) is 252 Å². The molecule has 12 amide bonds. The average Bonchev–Trinajstić information content (AvgIpc) is 4.05. The monoisotopic (exact) mass is 988 g/mol. The fourth-order valence-electron chi connectivity index (χ4n) is 7.98. The quantitative estimate of drug-likeness (QED) is 0.0999. The highest BCUT2D eigenvalue weighted by molar-refractivity contribution is 8.04. The molecule has 362 valence electrons. The molecule has 0 aromatic carbocycles. The zero-order valence-corrected chi connectivity index (χ0v) is 39.8. The number of hydrogen-bond donors (Lipinski definition) is 0. The molecule has 6 aliphatic heterocycles. The highest BCUT2D eigenvalue weighted by atomic mass is 32.2. The molecule has 6 heterocycles. The molecule has 6 rings (SSSR count). The van der Waals surface area contributed by atoms with Crippen LogP contribution in [0.25, 0.3) is 0 Å². The predicted octanol–water partition coefficient (Wildman–Crippen LogP) is 0.223. The maximum atomic E-state index is 13.4. The van der Waals surface area contributed by atoms with E-state index >= 15 is 0 Å². The number of hydrogen-bond acceptors (Lipinski definition) is 18. The third-order valence-electron chi connectivity index (χ3n) is 11.3. The van der Waals surface area contributed by atoms with Gasteiger partial charge in [0, 0.05) is 63.4 Å². The van der Waals surface area contributed by atoms with Crippen LogP contribution in [0.5, 0.6) is 0 Å². The van der Waals surface area contributed by atoms with Gasteiger partial charge in [0.15, 0.2) is 0 Å². The zero-order chi connectivity index (χ0) is 48.5. The lowest BCUT2D eigenvalue weighted by molar-refractivity contribution is -0.145. The molecule has 0 bridgehead atoms. The Labute approximate surface area is 398 Å². The number of carbonyl (C=O) groups is 12. The molecule has 3 fully saturated rings. The molecule has 0 aliphatic carbocycles. The molecule has 0 spiro atoms. The van der Waals surface area contributed by atoms with E-state index in [1.54, 1.807) is 0 Å². The third kappa shape index (κ3) is 12.0. The summed E-state index contributed by atoms with van der Waals surface area (Å²) in [5.74, 6) is -5.27. The minimum absolute atomic E-state index is 0.0102. The number of nitrogens with zero attached hydrogens (tertiary/aromatic N) is 6. The lowest BCUT2D eigenvalue weighted by Gasteiger charge is -2.23. The van der Waals surface area contributed by atoms with Gasteiger partial charge in [0.2, 0.25) is 17.7 Å². The summed E-state index contributed by atoms with van der Waals surface area (Å²) in [6, 6.07) is 0. The molecule has 3 unspecified atom stereocenters. The first-order chi connectivity index (χ1) is 32.1. The number of ether oxygens (including phenoxy) is 3. The molecule has 0 aromatic heterocycles. The Morgan fingerprint density at radius 1 is 0.433 bits per heavy atom. The molecule has 0 N–H and O–H groups in total. The number of rotatable bonds is 27. The van der Waals surface area contributed by atoms with Crippen molar-refractivity contribution >= 4 is 106 Å². The van der Waals surface area contributed by atoms with Crippen LogP contribution >= 0.6 is 35.3 Å². The summed E-state index contributed by atoms with van der Waals surface area (Å²) < 4.78 is 17.8. The third-order valence-corrected chi connectivity index (χ3v) is 14.0. The van der Waals surface area contributed by atoms with Gasteiger partial charge in [-0.15, -0.1) is 35.3 Å². The van der Waals surface area contributed by atoms with E-state index < -0.39 is 95.1 Å². The minimum Gasteiger partial charge on any atom is -0.367 e. The molecular formula is C43H52N6O15S3. The van der Waals surface area contributed by atoms with Crippen molar-refractivity contribution in [3.63, 3.8) is 0 Å². The fourth-order valence-corrected chi connectivity index (χ4v) is 10.2. The van der Waals surface area contributed by atoms with Crippen LogP contribution < -0.4 is 0 Å². The number of likely N-dealkylation sites (tertiary alicyclic amines) is 3. The first-order valence-electron chi connectivity index (χ1n) is 22.1. The zero-order valence-electron chi connectivity index (χ0n) is 37.3. The van der Waals surface area contributed by atoms with Crippen LogP contribution in [0.4, 0.5) is 0 Å². The summed E-state index contributed by atoms with van der Waals surface area (Å²) in [4.78, 5) is 161. The van der Waals surface area contributed by atoms with E-state index in [0.717, 1.165) is 29.4 Å². The maximum Gasteiger partial charge on any atom is 0.267 e. The molecule has 0 aromatic rings. The number of carbonyl (C=O) groups excluding carboxylic acids is 12. The first-order valence-corrected chi connectivity index (χ1v) is 25.0. The Morgan fingerprint density at radius 2 is 0.687 bits per heavy atom. The SMILES string of the molecule is CCSC1=CC(=O)N(CCCN2C(=O)CC(OCC(COC3CC(=O)N(CCCN4C(=O)C=C(SCC)C4=O)C3=O)COC3CC(=O)N(CCCN4C(=O)C=C(SCC)C4=O)C3=O)C2=O)C1=O. The van der Waals surface area contributed by atoms with Crippen LogP contribution in [0.2, 0.25) is 0 Å². The van der Waals surface area contributed by atoms with E-state index in [1.165, 1.54) is 53.5 Å². The highest BCUT2D eigenvalue weighted by Gasteiger charge is 2.44. The Balaban J connectivity index is 1.03. The maximum absolute atomic E-state index is 13.4. The standard InChI is InChI=1S/C43H52N6O15S3/c1-4-65-29-19-35(53)47(41(29)59)13-7-10-44-32(50)16-26(38(44)56)62-22-25(23-63-27-17-33(51)45(39(27)57)11-8-14-48-36(54)20-30(42(48)60)66-5-2)24-64-28-18-34(52)46(40(28)58)12-9-15-49-37(55)21-31(43(49)61)67-6-3/h19-21,25-28H,4-18,22-24H2,1-3H3. The van der Waals surface area contributed by atoms with Crippen molar-refractivity contribution in [3.8, 4) is 0 Å². The average molecular weight is 989 g/mol. The van der Waals surface area contributed by atoms with Crippen LogP contribution in [-0.4, -0.2) is 195 Å². The van der Waals surface area contributed by atoms with Crippen LogP contribution in [0.1, 0.15) is 59.3 Å². The van der Waals surface area contributed by atoms with Crippen molar-refractivity contribution in [2.45, 2.75) is 77.6 Å². The van der Waals surface area contributed by atoms with E-state index in [2.05, 4.69) is 0 Å². The van der Waals surface area contributed by atoms with Crippen molar-refractivity contribution < 1.29 is 71.7 Å². The van der Waals surface area contributed by atoms with Gasteiger partial charge in [0.1, 0.15) is 18.3 Å². The Hall–Kier alpha value is -5.01. The van der Waals surface area contributed by atoms with E-state index in [4.69, 9.17) is 14.2 Å². The summed E-state index contributed by atoms with van der Waals surface area (Å²) in [5, 5.41) is 0. The molecule has 67 heavy (non-hydrogen) atoms. The van der Waals surface area contributed by atoms with Gasteiger partial charge in [-0.25, -0.2) is 0 Å². The van der Waals surface area contributed by atoms with E-state index in [0.29, 0.717) is 32.0 Å². The molecule has 3 atom stereocenters. The summed E-state index contributed by atoms with van der Waals surface area (Å²) in [5.41, 5.74) is 0. The minimum atomic E-state index is -1.22. The summed E-state index contributed by atoms with van der Waals surface area (Å²) >= 11 is 3.73. The number of thioether (sulfide) groups is 3. The van der Waals surface area contributed by atoms with Gasteiger partial charge >= 0.3 is 0 Å². The summed E-state index contributed by atoms with van der Waals surface area (Å²) in [7, 11) is 0. The van der Waals surface area contributed by atoms with Crippen molar-refractivity contribution in [2.24, 2.45) is 5.92 Å².